The zero-order chi connectivity index (χ0) is 31.1. The summed E-state index contributed by atoms with van der Waals surface area (Å²) in [5.74, 6) is 0.804. The fourth-order valence-electron chi connectivity index (χ4n) is 6.55. The SMILES string of the molecule is CC(=O)N1CC=C(c2cc(N3CCC[C@@H](NC(=O)c4sc5ccc(C#N)cc5c4OC4CCNCC4)C3)c3c(N)ncnn23)C1. The van der Waals surface area contributed by atoms with Gasteiger partial charge in [0, 0.05) is 49.2 Å². The molecular formula is C32H35N9O3S. The van der Waals surface area contributed by atoms with Crippen molar-refractivity contribution in [3.8, 4) is 11.8 Å². The van der Waals surface area contributed by atoms with Gasteiger partial charge in [0.25, 0.3) is 5.91 Å². The number of nitrogen functional groups attached to an aromatic ring is 1. The number of fused-ring (bicyclic) bond motifs is 2. The van der Waals surface area contributed by atoms with Crippen LogP contribution in [0.2, 0.25) is 0 Å². The molecule has 1 aromatic carbocycles. The molecule has 12 nitrogen and oxygen atoms in total. The fourth-order valence-corrected chi connectivity index (χ4v) is 7.57. The number of nitriles is 1. The minimum absolute atomic E-state index is 0.00835. The van der Waals surface area contributed by atoms with Gasteiger partial charge in [-0.25, -0.2) is 9.50 Å². The molecule has 0 spiro atoms. The number of hydrogen-bond donors (Lipinski definition) is 3. The number of ether oxygens (including phenoxy) is 1. The highest BCUT2D eigenvalue weighted by molar-refractivity contribution is 7.21. The summed E-state index contributed by atoms with van der Waals surface area (Å²) in [5, 5.41) is 21.5. The number of hydrogen-bond acceptors (Lipinski definition) is 10. The molecule has 2 saturated heterocycles. The van der Waals surface area contributed by atoms with E-state index in [2.05, 4.69) is 43.8 Å². The lowest BCUT2D eigenvalue weighted by molar-refractivity contribution is -0.127. The van der Waals surface area contributed by atoms with Crippen LogP contribution in [0.25, 0.3) is 21.2 Å². The molecule has 6 heterocycles. The number of nitrogens with two attached hydrogens (primary N) is 1. The number of piperidine rings is 2. The van der Waals surface area contributed by atoms with E-state index in [-0.39, 0.29) is 24.0 Å². The van der Waals surface area contributed by atoms with Crippen molar-refractivity contribution in [1.82, 2.24) is 30.1 Å². The number of carbonyl (C=O) groups excluding carboxylic acids is 2. The van der Waals surface area contributed by atoms with Gasteiger partial charge in [0.15, 0.2) is 11.6 Å². The van der Waals surface area contributed by atoms with Crippen molar-refractivity contribution in [2.24, 2.45) is 0 Å². The van der Waals surface area contributed by atoms with Crippen LogP contribution in [-0.4, -0.2) is 82.7 Å². The number of carbonyl (C=O) groups is 2. The Morgan fingerprint density at radius 1 is 1.22 bits per heavy atom. The third-order valence-electron chi connectivity index (χ3n) is 8.90. The lowest BCUT2D eigenvalue weighted by atomic mass is 10.0. The second-order valence-electron chi connectivity index (χ2n) is 11.9. The molecule has 2 fully saturated rings. The largest absolute Gasteiger partial charge is 0.488 e. The summed E-state index contributed by atoms with van der Waals surface area (Å²) in [5.41, 5.74) is 10.5. The molecule has 7 rings (SSSR count). The summed E-state index contributed by atoms with van der Waals surface area (Å²) in [7, 11) is 0. The predicted molar refractivity (Wildman–Crippen MR) is 173 cm³/mol. The molecule has 13 heteroatoms. The van der Waals surface area contributed by atoms with Gasteiger partial charge in [-0.15, -0.1) is 11.3 Å². The van der Waals surface area contributed by atoms with Gasteiger partial charge in [-0.2, -0.15) is 10.4 Å². The zero-order valence-electron chi connectivity index (χ0n) is 25.1. The van der Waals surface area contributed by atoms with Gasteiger partial charge >= 0.3 is 0 Å². The number of anilines is 2. The first-order valence-electron chi connectivity index (χ1n) is 15.4. The minimum atomic E-state index is -0.170. The van der Waals surface area contributed by atoms with Crippen LogP contribution in [0.5, 0.6) is 5.75 Å². The van der Waals surface area contributed by atoms with E-state index in [1.54, 1.807) is 17.9 Å². The van der Waals surface area contributed by atoms with Gasteiger partial charge in [0.2, 0.25) is 5.91 Å². The molecule has 4 N–H and O–H groups in total. The molecule has 0 bridgehead atoms. The van der Waals surface area contributed by atoms with Gasteiger partial charge < -0.3 is 30.9 Å². The summed E-state index contributed by atoms with van der Waals surface area (Å²) in [4.78, 5) is 34.7. The maximum absolute atomic E-state index is 13.9. The molecule has 0 aliphatic carbocycles. The van der Waals surface area contributed by atoms with Gasteiger partial charge in [-0.3, -0.25) is 9.59 Å². The molecule has 0 radical (unpaired) electrons. The van der Waals surface area contributed by atoms with Crippen LogP contribution in [0.15, 0.2) is 36.7 Å². The van der Waals surface area contributed by atoms with Crippen LogP contribution in [0.1, 0.15) is 53.5 Å². The molecule has 0 saturated carbocycles. The molecule has 4 aromatic rings. The standard InChI is InChI=1S/C32H35N9O3S/c1-19(42)39-12-8-21(16-39)25-14-26(28-31(34)36-18-37-41(25)28)40-11-2-3-22(17-40)38-32(43)30-29(44-23-6-9-35-10-7-23)24-13-20(15-33)4-5-27(24)45-30/h4-5,8,13-14,18,22-23,35H,2-3,6-7,9-12,16-17H2,1H3,(H,38,43)(H2,34,36,37)/t22-/m1/s1. The Kier molecular flexibility index (Phi) is 7.76. The second-order valence-corrected chi connectivity index (χ2v) is 12.9. The van der Waals surface area contributed by atoms with Crippen molar-refractivity contribution in [1.29, 1.82) is 5.26 Å². The molecule has 0 unspecified atom stereocenters. The Morgan fingerprint density at radius 3 is 2.84 bits per heavy atom. The predicted octanol–water partition coefficient (Wildman–Crippen LogP) is 3.17. The van der Waals surface area contributed by atoms with Crippen molar-refractivity contribution >= 4 is 55.8 Å². The van der Waals surface area contributed by atoms with Crippen LogP contribution in [0, 0.1) is 11.3 Å². The summed E-state index contributed by atoms with van der Waals surface area (Å²) >= 11 is 1.40. The van der Waals surface area contributed by atoms with Crippen molar-refractivity contribution in [2.45, 2.75) is 44.8 Å². The Labute approximate surface area is 264 Å². The van der Waals surface area contributed by atoms with Gasteiger partial charge in [-0.1, -0.05) is 6.08 Å². The molecular weight excluding hydrogens is 590 g/mol. The molecule has 3 aliphatic heterocycles. The maximum atomic E-state index is 13.9. The topological polar surface area (TPSA) is 154 Å². The van der Waals surface area contributed by atoms with Crippen molar-refractivity contribution in [3.63, 3.8) is 0 Å². The average molecular weight is 626 g/mol. The van der Waals surface area contributed by atoms with E-state index in [1.807, 2.05) is 16.6 Å². The number of nitrogens with one attached hydrogen (secondary N) is 2. The first kappa shape index (κ1) is 29.1. The van der Waals surface area contributed by atoms with E-state index in [9.17, 15) is 14.9 Å². The smallest absolute Gasteiger partial charge is 0.265 e. The van der Waals surface area contributed by atoms with Crippen LogP contribution in [-0.2, 0) is 4.79 Å². The van der Waals surface area contributed by atoms with E-state index < -0.39 is 0 Å². The lowest BCUT2D eigenvalue weighted by Crippen LogP contribution is -2.47. The van der Waals surface area contributed by atoms with Crippen LogP contribution < -0.4 is 26.0 Å². The Bertz CT molecular complexity index is 1870. The summed E-state index contributed by atoms with van der Waals surface area (Å²) in [6, 6.07) is 9.66. The van der Waals surface area contributed by atoms with Crippen LogP contribution in [0.4, 0.5) is 11.5 Å². The van der Waals surface area contributed by atoms with Crippen LogP contribution >= 0.6 is 11.3 Å². The third kappa shape index (κ3) is 5.55. The highest BCUT2D eigenvalue weighted by Crippen LogP contribution is 2.40. The van der Waals surface area contributed by atoms with Crippen LogP contribution in [0.3, 0.4) is 0 Å². The quantitative estimate of drug-likeness (QED) is 0.293. The molecule has 1 atom stereocenters. The Morgan fingerprint density at radius 2 is 2.07 bits per heavy atom. The summed E-state index contributed by atoms with van der Waals surface area (Å²) in [6.07, 6.45) is 6.94. The summed E-state index contributed by atoms with van der Waals surface area (Å²) in [6.45, 7) is 5.77. The number of amides is 2. The fraction of sp³-hybridized carbons (Fsp3) is 0.406. The van der Waals surface area contributed by atoms with E-state index in [1.165, 1.54) is 17.7 Å². The van der Waals surface area contributed by atoms with Crippen molar-refractivity contribution in [3.05, 3.63) is 52.8 Å². The van der Waals surface area contributed by atoms with Gasteiger partial charge in [-0.05, 0) is 68.6 Å². The first-order chi connectivity index (χ1) is 21.9. The lowest BCUT2D eigenvalue weighted by Gasteiger charge is -2.34. The molecule has 232 valence electrons. The molecule has 45 heavy (non-hydrogen) atoms. The number of benzene rings is 1. The highest BCUT2D eigenvalue weighted by atomic mass is 32.1. The van der Waals surface area contributed by atoms with E-state index in [0.717, 1.165) is 77.9 Å². The Balaban J connectivity index is 1.15. The highest BCUT2D eigenvalue weighted by Gasteiger charge is 2.30. The third-order valence-corrected chi connectivity index (χ3v) is 10.1. The molecule has 3 aromatic heterocycles. The van der Waals surface area contributed by atoms with Crippen molar-refractivity contribution < 1.29 is 14.3 Å². The Hall–Kier alpha value is -4.67. The number of thiophene rings is 1. The van der Waals surface area contributed by atoms with E-state index in [4.69, 9.17) is 10.5 Å². The maximum Gasteiger partial charge on any atom is 0.265 e. The number of nitrogens with zero attached hydrogens (tertiary/aromatic N) is 6. The van der Waals surface area contributed by atoms with E-state index in [0.29, 0.717) is 41.6 Å². The molecule has 3 aliphatic rings. The number of aromatic nitrogens is 3. The van der Waals surface area contributed by atoms with E-state index >= 15 is 0 Å². The van der Waals surface area contributed by atoms with Crippen molar-refractivity contribution in [2.75, 3.05) is 49.9 Å². The first-order valence-corrected chi connectivity index (χ1v) is 16.2. The monoisotopic (exact) mass is 625 g/mol. The summed E-state index contributed by atoms with van der Waals surface area (Å²) < 4.78 is 9.23. The minimum Gasteiger partial charge on any atom is -0.488 e. The zero-order valence-corrected chi connectivity index (χ0v) is 25.9. The van der Waals surface area contributed by atoms with Gasteiger partial charge in [0.1, 0.15) is 22.8 Å². The van der Waals surface area contributed by atoms with Gasteiger partial charge in [0.05, 0.1) is 23.0 Å². The molecule has 2 amide bonds. The normalized spacial score (nSPS) is 19.1. The second kappa shape index (κ2) is 12.0. The number of rotatable bonds is 6. The average Bonchev–Trinajstić information content (AvgIpc) is 3.78.